The van der Waals surface area contributed by atoms with Gasteiger partial charge in [0.15, 0.2) is 11.4 Å². The number of rotatable bonds is 5. The summed E-state index contributed by atoms with van der Waals surface area (Å²) in [6.45, 7) is 7.50. The first-order valence-electron chi connectivity index (χ1n) is 9.96. The van der Waals surface area contributed by atoms with E-state index in [9.17, 15) is 4.79 Å². The van der Waals surface area contributed by atoms with E-state index in [1.54, 1.807) is 11.3 Å². The molecule has 0 aliphatic carbocycles. The van der Waals surface area contributed by atoms with Crippen molar-refractivity contribution in [3.63, 3.8) is 0 Å². The number of anilines is 1. The predicted molar refractivity (Wildman–Crippen MR) is 118 cm³/mol. The number of para-hydroxylation sites is 1. The summed E-state index contributed by atoms with van der Waals surface area (Å²) in [5.74, 6) is 1.00. The highest BCUT2D eigenvalue weighted by Crippen LogP contribution is 2.33. The molecule has 0 atom stereocenters. The number of carbonyl (C=O) groups is 1. The van der Waals surface area contributed by atoms with Crippen molar-refractivity contribution in [3.8, 4) is 17.0 Å². The van der Waals surface area contributed by atoms with E-state index in [4.69, 9.17) is 9.73 Å². The molecule has 0 fully saturated rings. The lowest BCUT2D eigenvalue weighted by Gasteiger charge is -2.19. The summed E-state index contributed by atoms with van der Waals surface area (Å²) in [7, 11) is 0. The van der Waals surface area contributed by atoms with Crippen LogP contribution in [-0.4, -0.2) is 17.1 Å². The van der Waals surface area contributed by atoms with Crippen LogP contribution in [0.3, 0.4) is 0 Å². The van der Waals surface area contributed by atoms with Crippen LogP contribution in [0.5, 0.6) is 5.75 Å². The van der Waals surface area contributed by atoms with Gasteiger partial charge >= 0.3 is 0 Å². The molecule has 1 aliphatic heterocycles. The fraction of sp³-hybridized carbons (Fsp3) is 0.304. The molecular weight excluding hydrogens is 382 g/mol. The molecule has 2 aromatic carbocycles. The fourth-order valence-electron chi connectivity index (χ4n) is 3.51. The van der Waals surface area contributed by atoms with Crippen molar-refractivity contribution < 1.29 is 9.53 Å². The summed E-state index contributed by atoms with van der Waals surface area (Å²) < 4.78 is 7.75. The maximum absolute atomic E-state index is 11.7. The Morgan fingerprint density at radius 3 is 2.86 bits per heavy atom. The molecule has 3 aromatic rings. The van der Waals surface area contributed by atoms with Gasteiger partial charge < -0.3 is 14.6 Å². The smallest absolute Gasteiger partial charge is 0.262 e. The van der Waals surface area contributed by atoms with Gasteiger partial charge in [-0.05, 0) is 42.2 Å². The Labute approximate surface area is 174 Å². The topological polar surface area (TPSA) is 55.6 Å². The van der Waals surface area contributed by atoms with Crippen molar-refractivity contribution in [3.05, 3.63) is 58.2 Å². The van der Waals surface area contributed by atoms with Crippen molar-refractivity contribution >= 4 is 28.6 Å². The average molecular weight is 408 g/mol. The molecule has 1 aromatic heterocycles. The van der Waals surface area contributed by atoms with E-state index < -0.39 is 0 Å². The Morgan fingerprint density at radius 1 is 1.24 bits per heavy atom. The Balaban J connectivity index is 1.81. The van der Waals surface area contributed by atoms with Gasteiger partial charge in [0.1, 0.15) is 5.75 Å². The average Bonchev–Trinajstić information content (AvgIpc) is 3.10. The molecule has 0 spiro atoms. The van der Waals surface area contributed by atoms with E-state index >= 15 is 0 Å². The third-order valence-corrected chi connectivity index (χ3v) is 5.79. The molecule has 150 valence electrons. The molecular formula is C23H25N3O2S. The summed E-state index contributed by atoms with van der Waals surface area (Å²) in [4.78, 5) is 17.7. The van der Waals surface area contributed by atoms with Crippen LogP contribution in [0.4, 0.5) is 11.4 Å². The van der Waals surface area contributed by atoms with Crippen LogP contribution >= 0.6 is 11.3 Å². The van der Waals surface area contributed by atoms with Gasteiger partial charge in [-0.25, -0.2) is 4.99 Å². The molecule has 0 bridgehead atoms. The number of aromatic nitrogens is 1. The van der Waals surface area contributed by atoms with Crippen LogP contribution in [0.1, 0.15) is 38.7 Å². The van der Waals surface area contributed by atoms with Gasteiger partial charge in [0.05, 0.1) is 17.1 Å². The van der Waals surface area contributed by atoms with Gasteiger partial charge in [-0.3, -0.25) is 4.79 Å². The highest BCUT2D eigenvalue weighted by molar-refractivity contribution is 7.07. The zero-order valence-corrected chi connectivity index (χ0v) is 17.8. The first kappa shape index (κ1) is 19.5. The second-order valence-electron chi connectivity index (χ2n) is 7.43. The molecule has 2 heterocycles. The molecule has 0 radical (unpaired) electrons. The fourth-order valence-corrected chi connectivity index (χ4v) is 4.46. The number of fused-ring (bicyclic) bond motifs is 1. The molecule has 0 saturated heterocycles. The quantitative estimate of drug-likeness (QED) is 0.623. The summed E-state index contributed by atoms with van der Waals surface area (Å²) >= 11 is 1.64. The number of ether oxygens (including phenoxy) is 1. The maximum atomic E-state index is 11.7. The summed E-state index contributed by atoms with van der Waals surface area (Å²) in [6.07, 6.45) is 1.01. The Kier molecular flexibility index (Phi) is 5.53. The molecule has 1 N–H and O–H groups in total. The monoisotopic (exact) mass is 407 g/mol. The lowest BCUT2D eigenvalue weighted by atomic mass is 10.0. The third kappa shape index (κ3) is 3.98. The zero-order valence-electron chi connectivity index (χ0n) is 16.9. The first-order valence-corrected chi connectivity index (χ1v) is 10.8. The van der Waals surface area contributed by atoms with E-state index in [-0.39, 0.29) is 12.5 Å². The zero-order chi connectivity index (χ0) is 20.4. The lowest BCUT2D eigenvalue weighted by Crippen LogP contribution is -2.25. The Hall–Kier alpha value is -2.86. The SMILES string of the molecule is CCCn1c(-c2ccc3c(c2)NC(=O)CO3)csc1=Nc1ccccc1C(C)C. The van der Waals surface area contributed by atoms with E-state index in [2.05, 4.69) is 54.2 Å². The standard InChI is InChI=1S/C23H25N3O2S/c1-4-11-26-20(16-9-10-21-19(12-16)24-22(27)13-28-21)14-29-23(26)25-18-8-6-5-7-17(18)15(2)3/h5-10,12,14-15H,4,11,13H2,1-3H3,(H,24,27). The normalized spacial score (nSPS) is 13.9. The maximum Gasteiger partial charge on any atom is 0.262 e. The molecule has 1 amide bonds. The van der Waals surface area contributed by atoms with Crippen LogP contribution in [0, 0.1) is 0 Å². The summed E-state index contributed by atoms with van der Waals surface area (Å²) in [5.41, 5.74) is 5.13. The minimum absolute atomic E-state index is 0.0684. The minimum atomic E-state index is -0.123. The molecule has 1 aliphatic rings. The summed E-state index contributed by atoms with van der Waals surface area (Å²) in [5, 5.41) is 5.03. The number of carbonyl (C=O) groups excluding carboxylic acids is 1. The second kappa shape index (κ2) is 8.25. The van der Waals surface area contributed by atoms with E-state index in [1.165, 1.54) is 5.56 Å². The van der Waals surface area contributed by atoms with Gasteiger partial charge in [0, 0.05) is 17.5 Å². The van der Waals surface area contributed by atoms with Crippen molar-refractivity contribution in [1.29, 1.82) is 0 Å². The van der Waals surface area contributed by atoms with Crippen LogP contribution in [-0.2, 0) is 11.3 Å². The number of hydrogen-bond acceptors (Lipinski definition) is 4. The molecule has 29 heavy (non-hydrogen) atoms. The number of thiazole rings is 1. The first-order chi connectivity index (χ1) is 14.1. The molecule has 4 rings (SSSR count). The number of nitrogens with zero attached hydrogens (tertiary/aromatic N) is 2. The van der Waals surface area contributed by atoms with Crippen molar-refractivity contribution in [2.45, 2.75) is 39.7 Å². The van der Waals surface area contributed by atoms with E-state index in [1.807, 2.05) is 24.3 Å². The van der Waals surface area contributed by atoms with Crippen molar-refractivity contribution in [1.82, 2.24) is 4.57 Å². The predicted octanol–water partition coefficient (Wildman–Crippen LogP) is 5.31. The number of amides is 1. The van der Waals surface area contributed by atoms with Crippen molar-refractivity contribution in [2.24, 2.45) is 4.99 Å². The number of benzene rings is 2. The van der Waals surface area contributed by atoms with Gasteiger partial charge in [-0.15, -0.1) is 11.3 Å². The lowest BCUT2D eigenvalue weighted by molar-refractivity contribution is -0.118. The molecule has 0 unspecified atom stereocenters. The van der Waals surface area contributed by atoms with Gasteiger partial charge in [-0.1, -0.05) is 39.0 Å². The molecule has 0 saturated carbocycles. The number of hydrogen-bond donors (Lipinski definition) is 1. The van der Waals surface area contributed by atoms with Crippen LogP contribution < -0.4 is 14.9 Å². The van der Waals surface area contributed by atoms with Crippen LogP contribution in [0.15, 0.2) is 52.8 Å². The van der Waals surface area contributed by atoms with Gasteiger partial charge in [0.2, 0.25) is 0 Å². The minimum Gasteiger partial charge on any atom is -0.482 e. The number of nitrogens with one attached hydrogen (secondary N) is 1. The van der Waals surface area contributed by atoms with E-state index in [0.717, 1.165) is 40.4 Å². The second-order valence-corrected chi connectivity index (χ2v) is 8.26. The molecule has 6 heteroatoms. The van der Waals surface area contributed by atoms with E-state index in [0.29, 0.717) is 11.7 Å². The van der Waals surface area contributed by atoms with Crippen molar-refractivity contribution in [2.75, 3.05) is 11.9 Å². The largest absolute Gasteiger partial charge is 0.482 e. The molecule has 5 nitrogen and oxygen atoms in total. The Morgan fingerprint density at radius 2 is 2.07 bits per heavy atom. The third-order valence-electron chi connectivity index (χ3n) is 4.93. The highest BCUT2D eigenvalue weighted by atomic mass is 32.1. The van der Waals surface area contributed by atoms with Crippen LogP contribution in [0.25, 0.3) is 11.3 Å². The van der Waals surface area contributed by atoms with Crippen LogP contribution in [0.2, 0.25) is 0 Å². The van der Waals surface area contributed by atoms with Gasteiger partial charge in [-0.2, -0.15) is 0 Å². The summed E-state index contributed by atoms with van der Waals surface area (Å²) in [6, 6.07) is 14.3. The highest BCUT2D eigenvalue weighted by Gasteiger charge is 2.18. The Bertz CT molecular complexity index is 1110. The van der Waals surface area contributed by atoms with Gasteiger partial charge in [0.25, 0.3) is 5.91 Å².